The van der Waals surface area contributed by atoms with E-state index in [9.17, 15) is 9.18 Å². The Balaban J connectivity index is 1.48. The number of hydrogen-bond donors (Lipinski definition) is 1. The Morgan fingerprint density at radius 1 is 0.886 bits per heavy atom. The first-order valence-electron chi connectivity index (χ1n) is 11.6. The van der Waals surface area contributed by atoms with Gasteiger partial charge >= 0.3 is 0 Å². The van der Waals surface area contributed by atoms with Crippen molar-refractivity contribution in [3.63, 3.8) is 0 Å². The molecule has 35 heavy (non-hydrogen) atoms. The van der Waals surface area contributed by atoms with E-state index in [1.807, 2.05) is 61.5 Å². The number of benzene rings is 3. The SMILES string of the molecule is C[C@@H](CCc1ccccc1)NC(=O)c1cc(-c2ccc(F)cc2)nc2cc(-c3ccccc3)nn12. The van der Waals surface area contributed by atoms with Crippen LogP contribution >= 0.6 is 0 Å². The molecule has 0 bridgehead atoms. The second kappa shape index (κ2) is 9.89. The van der Waals surface area contributed by atoms with Gasteiger partial charge in [-0.25, -0.2) is 13.9 Å². The molecule has 5 aromatic rings. The molecule has 0 spiro atoms. The van der Waals surface area contributed by atoms with Gasteiger partial charge in [0, 0.05) is 23.2 Å². The first-order chi connectivity index (χ1) is 17.1. The van der Waals surface area contributed by atoms with Crippen molar-refractivity contribution in [3.8, 4) is 22.5 Å². The summed E-state index contributed by atoms with van der Waals surface area (Å²) in [6.45, 7) is 2.00. The largest absolute Gasteiger partial charge is 0.348 e. The van der Waals surface area contributed by atoms with Crippen molar-refractivity contribution in [1.82, 2.24) is 19.9 Å². The number of rotatable bonds is 7. The van der Waals surface area contributed by atoms with Gasteiger partial charge in [0.1, 0.15) is 11.5 Å². The van der Waals surface area contributed by atoms with Crippen LogP contribution in [0.4, 0.5) is 4.39 Å². The lowest BCUT2D eigenvalue weighted by atomic mass is 10.1. The highest BCUT2D eigenvalue weighted by Crippen LogP contribution is 2.24. The Labute approximate surface area is 203 Å². The standard InChI is InChI=1S/C29H25FN4O/c1-20(12-13-21-8-4-2-5-9-21)31-29(35)27-18-25(23-14-16-24(30)17-15-23)32-28-19-26(33-34(27)28)22-10-6-3-7-11-22/h2-11,14-20H,12-13H2,1H3,(H,31,35)/t20-/m0/s1. The van der Waals surface area contributed by atoms with E-state index in [1.54, 1.807) is 22.7 Å². The first kappa shape index (κ1) is 22.5. The quantitative estimate of drug-likeness (QED) is 0.324. The van der Waals surface area contributed by atoms with Gasteiger partial charge in [0.05, 0.1) is 11.4 Å². The second-order valence-corrected chi connectivity index (χ2v) is 8.60. The molecule has 174 valence electrons. The van der Waals surface area contributed by atoms with E-state index in [1.165, 1.54) is 17.7 Å². The summed E-state index contributed by atoms with van der Waals surface area (Å²) < 4.78 is 15.1. The summed E-state index contributed by atoms with van der Waals surface area (Å²) in [6.07, 6.45) is 1.68. The fraction of sp³-hybridized carbons (Fsp3) is 0.138. The fourth-order valence-electron chi connectivity index (χ4n) is 4.05. The number of carbonyl (C=O) groups is 1. The van der Waals surface area contributed by atoms with Crippen molar-refractivity contribution in [3.05, 3.63) is 114 Å². The average molecular weight is 465 g/mol. The van der Waals surface area contributed by atoms with Gasteiger partial charge in [-0.3, -0.25) is 4.79 Å². The third-order valence-corrected chi connectivity index (χ3v) is 5.96. The predicted octanol–water partition coefficient (Wildman–Crippen LogP) is 5.95. The molecule has 0 saturated heterocycles. The van der Waals surface area contributed by atoms with Crippen LogP contribution in [0.1, 0.15) is 29.4 Å². The van der Waals surface area contributed by atoms with Crippen LogP contribution in [-0.4, -0.2) is 26.5 Å². The van der Waals surface area contributed by atoms with Crippen LogP contribution in [0.15, 0.2) is 97.1 Å². The zero-order valence-electron chi connectivity index (χ0n) is 19.4. The summed E-state index contributed by atoms with van der Waals surface area (Å²) in [5.74, 6) is -0.556. The molecular weight excluding hydrogens is 439 g/mol. The van der Waals surface area contributed by atoms with Gasteiger partial charge < -0.3 is 5.32 Å². The Morgan fingerprint density at radius 3 is 2.26 bits per heavy atom. The van der Waals surface area contributed by atoms with Gasteiger partial charge in [0.2, 0.25) is 0 Å². The van der Waals surface area contributed by atoms with E-state index in [4.69, 9.17) is 4.98 Å². The highest BCUT2D eigenvalue weighted by molar-refractivity contribution is 5.94. The molecule has 0 aliphatic carbocycles. The molecule has 5 nitrogen and oxygen atoms in total. The Morgan fingerprint density at radius 2 is 1.54 bits per heavy atom. The van der Waals surface area contributed by atoms with Crippen LogP contribution in [0.2, 0.25) is 0 Å². The Kier molecular flexibility index (Phi) is 6.35. The molecule has 0 aliphatic heterocycles. The number of aromatic nitrogens is 3. The smallest absolute Gasteiger partial charge is 0.270 e. The summed E-state index contributed by atoms with van der Waals surface area (Å²) in [7, 11) is 0. The Hall–Kier alpha value is -4.32. The summed E-state index contributed by atoms with van der Waals surface area (Å²) in [5, 5.41) is 7.79. The summed E-state index contributed by atoms with van der Waals surface area (Å²) in [5.41, 5.74) is 5.12. The van der Waals surface area contributed by atoms with Crippen molar-refractivity contribution in [2.45, 2.75) is 25.8 Å². The van der Waals surface area contributed by atoms with Crippen LogP contribution in [0.5, 0.6) is 0 Å². The molecular formula is C29H25FN4O. The number of carbonyl (C=O) groups excluding carboxylic acids is 1. The van der Waals surface area contributed by atoms with Crippen molar-refractivity contribution < 1.29 is 9.18 Å². The molecule has 0 unspecified atom stereocenters. The number of amides is 1. The lowest BCUT2D eigenvalue weighted by molar-refractivity contribution is 0.0931. The number of aryl methyl sites for hydroxylation is 1. The van der Waals surface area contributed by atoms with E-state index in [2.05, 4.69) is 22.5 Å². The van der Waals surface area contributed by atoms with Gasteiger partial charge in [-0.05, 0) is 55.7 Å². The molecule has 0 aliphatic rings. The number of nitrogens with one attached hydrogen (secondary N) is 1. The van der Waals surface area contributed by atoms with Crippen LogP contribution in [-0.2, 0) is 6.42 Å². The van der Waals surface area contributed by atoms with Gasteiger partial charge in [-0.1, -0.05) is 60.7 Å². The zero-order valence-corrected chi connectivity index (χ0v) is 19.4. The molecule has 6 heteroatoms. The molecule has 0 radical (unpaired) electrons. The summed E-state index contributed by atoms with van der Waals surface area (Å²) in [4.78, 5) is 18.1. The maximum Gasteiger partial charge on any atom is 0.270 e. The van der Waals surface area contributed by atoms with Crippen molar-refractivity contribution in [1.29, 1.82) is 0 Å². The number of fused-ring (bicyclic) bond motifs is 1. The highest BCUT2D eigenvalue weighted by atomic mass is 19.1. The minimum absolute atomic E-state index is 0.0376. The maximum absolute atomic E-state index is 13.5. The van der Waals surface area contributed by atoms with Crippen LogP contribution in [0, 0.1) is 5.82 Å². The molecule has 1 atom stereocenters. The highest BCUT2D eigenvalue weighted by Gasteiger charge is 2.19. The number of nitrogens with zero attached hydrogens (tertiary/aromatic N) is 3. The molecule has 3 aromatic carbocycles. The van der Waals surface area contributed by atoms with E-state index >= 15 is 0 Å². The summed E-state index contributed by atoms with van der Waals surface area (Å²) in [6, 6.07) is 29.6. The van der Waals surface area contributed by atoms with Gasteiger partial charge in [0.15, 0.2) is 5.65 Å². The monoisotopic (exact) mass is 464 g/mol. The molecule has 5 rings (SSSR count). The van der Waals surface area contributed by atoms with Crippen LogP contribution in [0.3, 0.4) is 0 Å². The topological polar surface area (TPSA) is 59.3 Å². The van der Waals surface area contributed by atoms with Gasteiger partial charge in [0.25, 0.3) is 5.91 Å². The van der Waals surface area contributed by atoms with E-state index in [0.29, 0.717) is 17.0 Å². The maximum atomic E-state index is 13.5. The number of hydrogen-bond acceptors (Lipinski definition) is 3. The first-order valence-corrected chi connectivity index (χ1v) is 11.6. The molecule has 0 saturated carbocycles. The molecule has 2 heterocycles. The molecule has 1 amide bonds. The third kappa shape index (κ3) is 5.11. The second-order valence-electron chi connectivity index (χ2n) is 8.60. The zero-order chi connectivity index (χ0) is 24.2. The minimum atomic E-state index is -0.323. The van der Waals surface area contributed by atoms with Gasteiger partial charge in [-0.15, -0.1) is 0 Å². The molecule has 0 fully saturated rings. The predicted molar refractivity (Wildman–Crippen MR) is 136 cm³/mol. The average Bonchev–Trinajstić information content (AvgIpc) is 3.33. The van der Waals surface area contributed by atoms with Crippen molar-refractivity contribution >= 4 is 11.6 Å². The third-order valence-electron chi connectivity index (χ3n) is 5.96. The van der Waals surface area contributed by atoms with Crippen molar-refractivity contribution in [2.75, 3.05) is 0 Å². The summed E-state index contributed by atoms with van der Waals surface area (Å²) >= 11 is 0. The Bertz CT molecular complexity index is 1450. The normalized spacial score (nSPS) is 11.9. The van der Waals surface area contributed by atoms with Gasteiger partial charge in [-0.2, -0.15) is 5.10 Å². The lowest BCUT2D eigenvalue weighted by Crippen LogP contribution is -2.34. The van der Waals surface area contributed by atoms with Crippen LogP contribution in [0.25, 0.3) is 28.2 Å². The van der Waals surface area contributed by atoms with Crippen LogP contribution < -0.4 is 5.32 Å². The number of halogens is 1. The molecule has 1 N–H and O–H groups in total. The molecule has 2 aromatic heterocycles. The fourth-order valence-corrected chi connectivity index (χ4v) is 4.05. The lowest BCUT2D eigenvalue weighted by Gasteiger charge is -2.15. The van der Waals surface area contributed by atoms with E-state index < -0.39 is 0 Å². The van der Waals surface area contributed by atoms with Crippen molar-refractivity contribution in [2.24, 2.45) is 0 Å². The van der Waals surface area contributed by atoms with E-state index in [0.717, 1.165) is 29.7 Å². The van der Waals surface area contributed by atoms with E-state index in [-0.39, 0.29) is 17.8 Å². The minimum Gasteiger partial charge on any atom is -0.348 e.